The summed E-state index contributed by atoms with van der Waals surface area (Å²) in [6.07, 6.45) is 3.68. The van der Waals surface area contributed by atoms with E-state index in [1.165, 1.54) is 12.4 Å². The maximum absolute atomic E-state index is 13.0. The summed E-state index contributed by atoms with van der Waals surface area (Å²) >= 11 is 3.42. The van der Waals surface area contributed by atoms with Crippen molar-refractivity contribution >= 4 is 33.4 Å². The molecule has 1 unspecified atom stereocenters. The van der Waals surface area contributed by atoms with Crippen LogP contribution < -0.4 is 0 Å². The van der Waals surface area contributed by atoms with E-state index in [0.717, 1.165) is 15.6 Å². The quantitative estimate of drug-likeness (QED) is 0.344. The van der Waals surface area contributed by atoms with Crippen LogP contribution in [0.4, 0.5) is 0 Å². The fraction of sp³-hybridized carbons (Fsp3) is 0.125. The molecule has 1 saturated heterocycles. The number of hydrogen-bond acceptors (Lipinski definition) is 4. The number of pyridine rings is 1. The van der Waals surface area contributed by atoms with Crippen LogP contribution in [0.15, 0.2) is 89.2 Å². The number of ketones is 1. The van der Waals surface area contributed by atoms with Crippen LogP contribution >= 0.6 is 15.9 Å². The molecule has 0 aliphatic carbocycles. The van der Waals surface area contributed by atoms with Crippen LogP contribution in [0.5, 0.6) is 0 Å². The van der Waals surface area contributed by atoms with E-state index in [4.69, 9.17) is 0 Å². The molecule has 3 aromatic rings. The molecule has 1 aromatic heterocycles. The standard InChI is InChI=1S/C24H19BrN2O3/c25-19-8-6-17(7-9-19)21-20(22(28)18-10-13-26-14-11-18)23(29)24(30)27(21)15-12-16-4-2-1-3-5-16/h1-11,13-14,21,28H,12,15H2. The molecule has 1 fully saturated rings. The summed E-state index contributed by atoms with van der Waals surface area (Å²) < 4.78 is 0.890. The van der Waals surface area contributed by atoms with Gasteiger partial charge in [0.2, 0.25) is 0 Å². The zero-order valence-electron chi connectivity index (χ0n) is 16.0. The molecule has 6 heteroatoms. The van der Waals surface area contributed by atoms with E-state index in [9.17, 15) is 14.7 Å². The predicted molar refractivity (Wildman–Crippen MR) is 118 cm³/mol. The summed E-state index contributed by atoms with van der Waals surface area (Å²) in [6.45, 7) is 0.364. The summed E-state index contributed by atoms with van der Waals surface area (Å²) in [4.78, 5) is 31.4. The molecule has 0 bridgehead atoms. The molecular weight excluding hydrogens is 444 g/mol. The minimum absolute atomic E-state index is 0.0987. The Bertz CT molecular complexity index is 1100. The number of nitrogens with zero attached hydrogens (tertiary/aromatic N) is 2. The molecule has 0 spiro atoms. The maximum atomic E-state index is 13.0. The van der Waals surface area contributed by atoms with Crippen molar-refractivity contribution in [3.8, 4) is 0 Å². The van der Waals surface area contributed by atoms with Crippen LogP contribution in [0.25, 0.3) is 5.76 Å². The largest absolute Gasteiger partial charge is 0.507 e. The van der Waals surface area contributed by atoms with E-state index >= 15 is 0 Å². The topological polar surface area (TPSA) is 70.5 Å². The van der Waals surface area contributed by atoms with Crippen LogP contribution in [0, 0.1) is 0 Å². The molecule has 1 N–H and O–H groups in total. The van der Waals surface area contributed by atoms with Crippen LogP contribution in [-0.4, -0.2) is 33.2 Å². The van der Waals surface area contributed by atoms with Gasteiger partial charge in [0.25, 0.3) is 11.7 Å². The molecule has 1 aliphatic heterocycles. The van der Waals surface area contributed by atoms with Crippen LogP contribution in [0.2, 0.25) is 0 Å². The average molecular weight is 463 g/mol. The number of rotatable bonds is 5. The number of carbonyl (C=O) groups is 2. The lowest BCUT2D eigenvalue weighted by atomic mass is 9.95. The van der Waals surface area contributed by atoms with Gasteiger partial charge in [0.05, 0.1) is 11.6 Å². The second-order valence-corrected chi connectivity index (χ2v) is 7.93. The number of aliphatic hydroxyl groups is 1. The third-order valence-electron chi connectivity index (χ3n) is 5.16. The van der Waals surface area contributed by atoms with Crippen molar-refractivity contribution < 1.29 is 14.7 Å². The van der Waals surface area contributed by atoms with Gasteiger partial charge in [0.15, 0.2) is 0 Å². The number of halogens is 1. The number of amides is 1. The Morgan fingerprint density at radius 2 is 1.63 bits per heavy atom. The molecular formula is C24H19BrN2O3. The molecule has 2 heterocycles. The number of carbonyl (C=O) groups excluding carboxylic acids is 2. The summed E-state index contributed by atoms with van der Waals surface area (Å²) in [5, 5.41) is 10.9. The van der Waals surface area contributed by atoms with Crippen molar-refractivity contribution in [3.63, 3.8) is 0 Å². The van der Waals surface area contributed by atoms with E-state index < -0.39 is 17.7 Å². The third-order valence-corrected chi connectivity index (χ3v) is 5.69. The highest BCUT2D eigenvalue weighted by Gasteiger charge is 2.45. The van der Waals surface area contributed by atoms with Crippen molar-refractivity contribution in [2.45, 2.75) is 12.5 Å². The van der Waals surface area contributed by atoms with Crippen LogP contribution in [0.3, 0.4) is 0 Å². The SMILES string of the molecule is O=C1C(=O)N(CCc2ccccc2)C(c2ccc(Br)cc2)C1=C(O)c1ccncc1. The molecule has 4 rings (SSSR count). The Morgan fingerprint density at radius 3 is 2.30 bits per heavy atom. The Hall–Kier alpha value is -3.25. The second-order valence-electron chi connectivity index (χ2n) is 7.02. The second kappa shape index (κ2) is 8.63. The highest BCUT2D eigenvalue weighted by atomic mass is 79.9. The fourth-order valence-corrected chi connectivity index (χ4v) is 3.93. The van der Waals surface area contributed by atoms with Gasteiger partial charge in [-0.1, -0.05) is 58.4 Å². The maximum Gasteiger partial charge on any atom is 0.295 e. The predicted octanol–water partition coefficient (Wildman–Crippen LogP) is 4.51. The van der Waals surface area contributed by atoms with E-state index in [2.05, 4.69) is 20.9 Å². The number of likely N-dealkylation sites (tertiary alicyclic amines) is 1. The minimum atomic E-state index is -0.676. The van der Waals surface area contributed by atoms with Gasteiger partial charge in [-0.2, -0.15) is 0 Å². The molecule has 2 aromatic carbocycles. The fourth-order valence-electron chi connectivity index (χ4n) is 3.66. The highest BCUT2D eigenvalue weighted by Crippen LogP contribution is 2.39. The number of benzene rings is 2. The first kappa shape index (κ1) is 20.0. The van der Waals surface area contributed by atoms with Gasteiger partial charge in [-0.25, -0.2) is 0 Å². The monoisotopic (exact) mass is 462 g/mol. The van der Waals surface area contributed by atoms with Crippen molar-refractivity contribution in [1.82, 2.24) is 9.88 Å². The molecule has 0 radical (unpaired) electrons. The van der Waals surface area contributed by atoms with Gasteiger partial charge >= 0.3 is 0 Å². The Balaban J connectivity index is 1.78. The van der Waals surface area contributed by atoms with E-state index in [1.54, 1.807) is 17.0 Å². The number of Topliss-reactive ketones (excluding diaryl/α,β-unsaturated/α-hetero) is 1. The Morgan fingerprint density at radius 1 is 0.967 bits per heavy atom. The molecule has 1 aliphatic rings. The van der Waals surface area contributed by atoms with Crippen molar-refractivity contribution in [1.29, 1.82) is 0 Å². The van der Waals surface area contributed by atoms with Gasteiger partial charge in [0, 0.05) is 29.0 Å². The molecule has 150 valence electrons. The van der Waals surface area contributed by atoms with Crippen LogP contribution in [0.1, 0.15) is 22.7 Å². The molecule has 1 atom stereocenters. The van der Waals surface area contributed by atoms with Crippen molar-refractivity contribution in [2.24, 2.45) is 0 Å². The lowest BCUT2D eigenvalue weighted by Gasteiger charge is -2.25. The van der Waals surface area contributed by atoms with E-state index in [-0.39, 0.29) is 11.3 Å². The molecule has 30 heavy (non-hydrogen) atoms. The first-order chi connectivity index (χ1) is 14.6. The van der Waals surface area contributed by atoms with Gasteiger partial charge in [-0.3, -0.25) is 14.6 Å². The zero-order chi connectivity index (χ0) is 21.1. The summed E-state index contributed by atoms with van der Waals surface area (Å²) in [5.41, 5.74) is 2.39. The zero-order valence-corrected chi connectivity index (χ0v) is 17.6. The number of aliphatic hydroxyl groups excluding tert-OH is 1. The normalized spacial score (nSPS) is 18.0. The third kappa shape index (κ3) is 3.91. The number of hydrogen-bond donors (Lipinski definition) is 1. The summed E-state index contributed by atoms with van der Waals surface area (Å²) in [7, 11) is 0. The molecule has 0 saturated carbocycles. The summed E-state index contributed by atoms with van der Waals surface area (Å²) in [6, 6.07) is 19.8. The Kier molecular flexibility index (Phi) is 5.77. The smallest absolute Gasteiger partial charge is 0.295 e. The first-order valence-electron chi connectivity index (χ1n) is 9.54. The lowest BCUT2D eigenvalue weighted by molar-refractivity contribution is -0.139. The van der Waals surface area contributed by atoms with Gasteiger partial charge < -0.3 is 10.0 Å². The van der Waals surface area contributed by atoms with Gasteiger partial charge in [-0.15, -0.1) is 0 Å². The van der Waals surface area contributed by atoms with Gasteiger partial charge in [-0.05, 0) is 41.8 Å². The molecule has 5 nitrogen and oxygen atoms in total. The Labute approximate surface area is 182 Å². The lowest BCUT2D eigenvalue weighted by Crippen LogP contribution is -2.31. The highest BCUT2D eigenvalue weighted by molar-refractivity contribution is 9.10. The van der Waals surface area contributed by atoms with E-state index in [1.807, 2.05) is 54.6 Å². The van der Waals surface area contributed by atoms with Crippen molar-refractivity contribution in [2.75, 3.05) is 6.54 Å². The molecule has 1 amide bonds. The van der Waals surface area contributed by atoms with E-state index in [0.29, 0.717) is 18.5 Å². The average Bonchev–Trinajstić information content (AvgIpc) is 3.04. The van der Waals surface area contributed by atoms with Gasteiger partial charge in [0.1, 0.15) is 5.76 Å². The first-order valence-corrected chi connectivity index (χ1v) is 10.3. The minimum Gasteiger partial charge on any atom is -0.507 e. The van der Waals surface area contributed by atoms with Crippen molar-refractivity contribution in [3.05, 3.63) is 106 Å². The van der Waals surface area contributed by atoms with Crippen LogP contribution in [-0.2, 0) is 16.0 Å². The number of aromatic nitrogens is 1. The summed E-state index contributed by atoms with van der Waals surface area (Å²) in [5.74, 6) is -1.47.